The fraction of sp³-hybridized carbons (Fsp3) is 0.680. The van der Waals surface area contributed by atoms with Crippen LogP contribution in [0.2, 0.25) is 0 Å². The molecule has 188 valence electrons. The lowest BCUT2D eigenvalue weighted by atomic mass is 9.85. The molecule has 2 amide bonds. The Morgan fingerprint density at radius 1 is 1.26 bits per heavy atom. The molecule has 0 bridgehead atoms. The summed E-state index contributed by atoms with van der Waals surface area (Å²) in [5.41, 5.74) is 7.37. The van der Waals surface area contributed by atoms with Crippen molar-refractivity contribution in [1.82, 2.24) is 15.5 Å². The average Bonchev–Trinajstić information content (AvgIpc) is 3.45. The second-order valence-corrected chi connectivity index (χ2v) is 9.87. The fourth-order valence-corrected chi connectivity index (χ4v) is 4.78. The van der Waals surface area contributed by atoms with E-state index in [2.05, 4.69) is 32.7 Å². The Labute approximate surface area is 202 Å². The number of anilines is 1. The van der Waals surface area contributed by atoms with Crippen LogP contribution >= 0.6 is 0 Å². The van der Waals surface area contributed by atoms with E-state index >= 15 is 0 Å². The number of hydrogen-bond donors (Lipinski definition) is 4. The molecule has 2 atom stereocenters. The van der Waals surface area contributed by atoms with Gasteiger partial charge < -0.3 is 21.1 Å². The van der Waals surface area contributed by atoms with Crippen molar-refractivity contribution in [3.05, 3.63) is 23.5 Å². The van der Waals surface area contributed by atoms with E-state index in [1.54, 1.807) is 6.21 Å². The molecule has 9 nitrogen and oxygen atoms in total. The van der Waals surface area contributed by atoms with E-state index in [-0.39, 0.29) is 36.5 Å². The third kappa shape index (κ3) is 7.88. The quantitative estimate of drug-likeness (QED) is 0.395. The lowest BCUT2D eigenvalue weighted by molar-refractivity contribution is -0.115. The molecule has 0 saturated heterocycles. The Morgan fingerprint density at radius 3 is 2.71 bits per heavy atom. The van der Waals surface area contributed by atoms with Crippen LogP contribution in [-0.4, -0.2) is 46.6 Å². The lowest BCUT2D eigenvalue weighted by Crippen LogP contribution is -2.33. The number of alkyl carbamates (subject to hydrolysis) is 1. The smallest absolute Gasteiger partial charge is 0.407 e. The van der Waals surface area contributed by atoms with Gasteiger partial charge in [-0.15, -0.1) is 0 Å². The number of hydrogen-bond acceptors (Lipinski definition) is 6. The highest BCUT2D eigenvalue weighted by molar-refractivity contribution is 5.96. The average molecular weight is 473 g/mol. The van der Waals surface area contributed by atoms with Gasteiger partial charge in [0, 0.05) is 36.0 Å². The molecule has 2 unspecified atom stereocenters. The summed E-state index contributed by atoms with van der Waals surface area (Å²) in [4.78, 5) is 29.0. The van der Waals surface area contributed by atoms with Gasteiger partial charge in [0.05, 0.1) is 6.42 Å². The maximum atomic E-state index is 12.5. The van der Waals surface area contributed by atoms with Crippen molar-refractivity contribution in [2.24, 2.45) is 16.6 Å². The number of carbonyl (C=O) groups is 2. The number of rotatable bonds is 9. The molecule has 1 aromatic heterocycles. The predicted molar refractivity (Wildman–Crippen MR) is 134 cm³/mol. The van der Waals surface area contributed by atoms with Crippen LogP contribution in [0.15, 0.2) is 22.8 Å². The normalized spacial score (nSPS) is 25.6. The largest absolute Gasteiger partial charge is 0.446 e. The van der Waals surface area contributed by atoms with Gasteiger partial charge in [0.1, 0.15) is 6.10 Å². The molecule has 0 aliphatic heterocycles. The van der Waals surface area contributed by atoms with Gasteiger partial charge in [0.2, 0.25) is 5.91 Å². The van der Waals surface area contributed by atoms with E-state index in [4.69, 9.17) is 10.5 Å². The highest BCUT2D eigenvalue weighted by Gasteiger charge is 2.30. The minimum absolute atomic E-state index is 0.0465. The molecular formula is C25H40N6O3. The number of ether oxygens (including phenoxy) is 1. The Morgan fingerprint density at radius 2 is 2.03 bits per heavy atom. The molecule has 0 radical (unpaired) electrons. The number of aliphatic imine (C=N–C) groups is 1. The number of nitrogens with one attached hydrogen (secondary N) is 3. The first kappa shape index (κ1) is 25.8. The molecule has 5 N–H and O–H groups in total. The van der Waals surface area contributed by atoms with Crippen LogP contribution in [0.25, 0.3) is 0 Å². The van der Waals surface area contributed by atoms with Crippen LogP contribution in [0.3, 0.4) is 0 Å². The lowest BCUT2D eigenvalue weighted by Gasteiger charge is -2.25. The topological polar surface area (TPSA) is 134 Å². The number of nitrogens with two attached hydrogens (primary N) is 1. The van der Waals surface area contributed by atoms with E-state index in [0.717, 1.165) is 43.7 Å². The SMILES string of the molecule is CCC1CCC(N=C/C(=C\N)CC(=O)Nc2cc(C3CCC(OC(=O)NC(C)C)C3)[nH]n2)CC1. The van der Waals surface area contributed by atoms with Gasteiger partial charge >= 0.3 is 6.09 Å². The molecule has 34 heavy (non-hydrogen) atoms. The van der Waals surface area contributed by atoms with Gasteiger partial charge in [-0.3, -0.25) is 14.9 Å². The zero-order valence-corrected chi connectivity index (χ0v) is 20.7. The summed E-state index contributed by atoms with van der Waals surface area (Å²) < 4.78 is 5.49. The zero-order valence-electron chi connectivity index (χ0n) is 20.7. The summed E-state index contributed by atoms with van der Waals surface area (Å²) in [6.45, 7) is 6.05. The first-order valence-electron chi connectivity index (χ1n) is 12.6. The monoisotopic (exact) mass is 472 g/mol. The van der Waals surface area contributed by atoms with E-state index < -0.39 is 0 Å². The van der Waals surface area contributed by atoms with Crippen LogP contribution in [0.4, 0.5) is 10.6 Å². The number of amides is 2. The van der Waals surface area contributed by atoms with E-state index in [0.29, 0.717) is 17.4 Å². The molecule has 0 aromatic carbocycles. The highest BCUT2D eigenvalue weighted by atomic mass is 16.6. The standard InChI is InChI=1S/C25H40N6O3/c1-4-17-5-8-20(9-6-17)27-15-18(14-26)11-24(32)29-23-13-22(30-31-23)19-7-10-21(12-19)34-25(33)28-16(2)3/h13-17,19-21H,4-12,26H2,1-3H3,(H,28,33)(H2,29,30,31,32)/b18-14-,27-15?. The Bertz CT molecular complexity index is 870. The first-order valence-corrected chi connectivity index (χ1v) is 12.6. The molecule has 1 aromatic rings. The summed E-state index contributed by atoms with van der Waals surface area (Å²) in [6, 6.07) is 2.22. The maximum Gasteiger partial charge on any atom is 0.407 e. The van der Waals surface area contributed by atoms with E-state index in [1.165, 1.54) is 25.5 Å². The second kappa shape index (κ2) is 12.6. The van der Waals surface area contributed by atoms with Crippen molar-refractivity contribution in [3.63, 3.8) is 0 Å². The summed E-state index contributed by atoms with van der Waals surface area (Å²) in [5, 5.41) is 12.8. The zero-order chi connectivity index (χ0) is 24.5. The van der Waals surface area contributed by atoms with Crippen LogP contribution in [-0.2, 0) is 9.53 Å². The van der Waals surface area contributed by atoms with Crippen LogP contribution in [0.1, 0.15) is 90.2 Å². The van der Waals surface area contributed by atoms with Crippen molar-refractivity contribution < 1.29 is 14.3 Å². The molecular weight excluding hydrogens is 432 g/mol. The summed E-state index contributed by atoms with van der Waals surface area (Å²) >= 11 is 0. The highest BCUT2D eigenvalue weighted by Crippen LogP contribution is 2.36. The van der Waals surface area contributed by atoms with E-state index in [9.17, 15) is 9.59 Å². The van der Waals surface area contributed by atoms with Crippen molar-refractivity contribution >= 4 is 24.0 Å². The minimum Gasteiger partial charge on any atom is -0.446 e. The van der Waals surface area contributed by atoms with Gasteiger partial charge in [-0.25, -0.2) is 4.79 Å². The van der Waals surface area contributed by atoms with Gasteiger partial charge in [0.15, 0.2) is 5.82 Å². The third-order valence-electron chi connectivity index (χ3n) is 6.79. The maximum absolute atomic E-state index is 12.5. The molecule has 2 aliphatic rings. The van der Waals surface area contributed by atoms with Gasteiger partial charge in [-0.05, 0) is 76.5 Å². The number of aromatic nitrogens is 2. The van der Waals surface area contributed by atoms with Gasteiger partial charge in [0.25, 0.3) is 0 Å². The minimum atomic E-state index is -0.376. The fourth-order valence-electron chi connectivity index (χ4n) is 4.78. The number of aromatic amines is 1. The second-order valence-electron chi connectivity index (χ2n) is 9.87. The van der Waals surface area contributed by atoms with Crippen molar-refractivity contribution in [1.29, 1.82) is 0 Å². The van der Waals surface area contributed by atoms with E-state index in [1.807, 2.05) is 19.9 Å². The van der Waals surface area contributed by atoms with Crippen molar-refractivity contribution in [3.8, 4) is 0 Å². The summed E-state index contributed by atoms with van der Waals surface area (Å²) in [5.74, 6) is 1.33. The third-order valence-corrected chi connectivity index (χ3v) is 6.79. The number of carbonyl (C=O) groups excluding carboxylic acids is 2. The molecule has 2 saturated carbocycles. The van der Waals surface area contributed by atoms with Gasteiger partial charge in [-0.1, -0.05) is 13.3 Å². The summed E-state index contributed by atoms with van der Waals surface area (Å²) in [7, 11) is 0. The van der Waals surface area contributed by atoms with Crippen molar-refractivity contribution in [2.75, 3.05) is 5.32 Å². The number of nitrogens with zero attached hydrogens (tertiary/aromatic N) is 2. The molecule has 9 heteroatoms. The number of H-pyrrole nitrogens is 1. The first-order chi connectivity index (χ1) is 16.4. The Kier molecular flexibility index (Phi) is 9.53. The van der Waals surface area contributed by atoms with Crippen LogP contribution in [0, 0.1) is 5.92 Å². The molecule has 0 spiro atoms. The van der Waals surface area contributed by atoms with Crippen molar-refractivity contribution in [2.45, 2.75) is 103 Å². The molecule has 3 rings (SSSR count). The van der Waals surface area contributed by atoms with Gasteiger partial charge in [-0.2, -0.15) is 5.10 Å². The molecule has 2 aliphatic carbocycles. The summed E-state index contributed by atoms with van der Waals surface area (Å²) in [6.07, 6.45) is 11.2. The van der Waals surface area contributed by atoms with Crippen LogP contribution < -0.4 is 16.4 Å². The molecule has 1 heterocycles. The van der Waals surface area contributed by atoms with Crippen LogP contribution in [0.5, 0.6) is 0 Å². The Balaban J connectivity index is 1.44. The Hall–Kier alpha value is -2.84. The molecule has 2 fully saturated rings. The predicted octanol–water partition coefficient (Wildman–Crippen LogP) is 4.39.